The van der Waals surface area contributed by atoms with Gasteiger partial charge in [0.2, 0.25) is 0 Å². The van der Waals surface area contributed by atoms with Crippen LogP contribution in [0.3, 0.4) is 0 Å². The minimum absolute atomic E-state index is 0.449. The number of likely N-dealkylation sites (N-methyl/N-ethyl adjacent to an activating group) is 4. The Bertz CT molecular complexity index is 777. The van der Waals surface area contributed by atoms with Gasteiger partial charge in [0.05, 0.1) is 0 Å². The first-order chi connectivity index (χ1) is 25.2. The zero-order chi connectivity index (χ0) is 39.8. The third-order valence-corrected chi connectivity index (χ3v) is 11.9. The Morgan fingerprint density at radius 1 is 0.358 bits per heavy atom. The molecular formula is C39H92N14. The molecule has 0 aromatic heterocycles. The van der Waals surface area contributed by atoms with Crippen LogP contribution in [0.5, 0.6) is 0 Å². The van der Waals surface area contributed by atoms with Gasteiger partial charge < -0.3 is 74.4 Å². The summed E-state index contributed by atoms with van der Waals surface area (Å²) in [4.78, 5) is 16.1. The minimum Gasteiger partial charge on any atom is -0.330 e. The lowest BCUT2D eigenvalue weighted by Gasteiger charge is -2.35. The molecule has 0 aromatic carbocycles. The lowest BCUT2D eigenvalue weighted by molar-refractivity contribution is 0.141. The zero-order valence-corrected chi connectivity index (χ0v) is 35.9. The highest BCUT2D eigenvalue weighted by atomic mass is 15.2. The van der Waals surface area contributed by atoms with E-state index in [2.05, 4.69) is 83.6 Å². The van der Waals surface area contributed by atoms with Gasteiger partial charge in [-0.15, -0.1) is 0 Å². The normalized spacial score (nSPS) is 31.4. The number of likely N-dealkylation sites (tertiary alicyclic amines) is 7. The van der Waals surface area contributed by atoms with Gasteiger partial charge in [-0.25, -0.2) is 0 Å². The van der Waals surface area contributed by atoms with Crippen molar-refractivity contribution in [3.05, 3.63) is 0 Å². The predicted octanol–water partition coefficient (Wildman–Crippen LogP) is -1.32. The van der Waals surface area contributed by atoms with E-state index >= 15 is 0 Å². The molecule has 7 aliphatic rings. The predicted molar refractivity (Wildman–Crippen MR) is 229 cm³/mol. The first-order valence-electron chi connectivity index (χ1n) is 21.1. The SMILES string of the molecule is CN1CC(CN)C1.CN1CCC[C@@H]1CN.CN1CCC[C@H]1CN.CN1CC[C@@H](CN)C1.CN1CC[C@@H](N)C1.CN1CC[C@H](CN)C1.CN1CC[C@H](N)C1. The van der Waals surface area contributed by atoms with Gasteiger partial charge in [-0.05, 0) is 177 Å². The van der Waals surface area contributed by atoms with Crippen LogP contribution in [-0.4, -0.2) is 219 Å². The largest absolute Gasteiger partial charge is 0.330 e. The highest BCUT2D eigenvalue weighted by molar-refractivity contribution is 4.79. The van der Waals surface area contributed by atoms with Gasteiger partial charge in [-0.1, -0.05) is 0 Å². The summed E-state index contributed by atoms with van der Waals surface area (Å²) in [6.45, 7) is 18.6. The highest BCUT2D eigenvalue weighted by Gasteiger charge is 2.21. The number of nitrogens with zero attached hydrogens (tertiary/aromatic N) is 7. The lowest BCUT2D eigenvalue weighted by atomic mass is 10.0. The molecule has 0 radical (unpaired) electrons. The zero-order valence-electron chi connectivity index (χ0n) is 35.9. The summed E-state index contributed by atoms with van der Waals surface area (Å²) in [6, 6.07) is 2.25. The van der Waals surface area contributed by atoms with E-state index in [4.69, 9.17) is 40.1 Å². The second kappa shape index (κ2) is 29.6. The van der Waals surface area contributed by atoms with Gasteiger partial charge in [0.1, 0.15) is 0 Å². The Hall–Kier alpha value is -0.560. The van der Waals surface area contributed by atoms with Crippen LogP contribution < -0.4 is 40.1 Å². The summed E-state index contributed by atoms with van der Waals surface area (Å²) in [5.41, 5.74) is 38.4. The Morgan fingerprint density at radius 2 is 0.679 bits per heavy atom. The van der Waals surface area contributed by atoms with Gasteiger partial charge in [0, 0.05) is 76.5 Å². The Morgan fingerprint density at radius 3 is 0.792 bits per heavy atom. The molecule has 7 rings (SSSR count). The molecule has 7 aliphatic heterocycles. The van der Waals surface area contributed by atoms with Gasteiger partial charge in [0.25, 0.3) is 0 Å². The molecule has 7 fully saturated rings. The molecule has 0 aliphatic carbocycles. The van der Waals surface area contributed by atoms with Crippen LogP contribution in [0.25, 0.3) is 0 Å². The molecule has 318 valence electrons. The van der Waals surface area contributed by atoms with Crippen molar-refractivity contribution < 1.29 is 0 Å². The smallest absolute Gasteiger partial charge is 0.0215 e. The molecular weight excluding hydrogens is 665 g/mol. The summed E-state index contributed by atoms with van der Waals surface area (Å²) in [5, 5.41) is 0. The number of nitrogens with two attached hydrogens (primary N) is 7. The molecule has 7 heterocycles. The van der Waals surface area contributed by atoms with Crippen LogP contribution >= 0.6 is 0 Å². The summed E-state index contributed by atoms with van der Waals surface area (Å²) >= 11 is 0. The van der Waals surface area contributed by atoms with Crippen molar-refractivity contribution >= 4 is 0 Å². The molecule has 0 spiro atoms. The van der Waals surface area contributed by atoms with E-state index in [1.54, 1.807) is 0 Å². The second-order valence-corrected chi connectivity index (χ2v) is 17.3. The van der Waals surface area contributed by atoms with Gasteiger partial charge in [-0.2, -0.15) is 0 Å². The van der Waals surface area contributed by atoms with E-state index in [-0.39, 0.29) is 0 Å². The average Bonchev–Trinajstić information content (AvgIpc) is 4.00. The molecule has 6 atom stereocenters. The van der Waals surface area contributed by atoms with Crippen LogP contribution in [-0.2, 0) is 0 Å². The maximum Gasteiger partial charge on any atom is 0.0215 e. The molecule has 0 saturated carbocycles. The average molecular weight is 757 g/mol. The van der Waals surface area contributed by atoms with Crippen molar-refractivity contribution in [2.24, 2.45) is 57.9 Å². The Labute approximate surface area is 327 Å². The standard InChI is InChI=1S/4C6H14N2.3C5H12N2/c2*1-8-3-2-6(4-7)5-8;2*1-8-4-2-3-6(8)5-7;1-7-3-5(2-6)4-7;2*1-7-3-2-5(6)4-7/h4*6H,2-5,7H2,1H3;3*5H,2-4,6H2,1H3/t4*6-;;2*5-/m1010.10/s1. The van der Waals surface area contributed by atoms with Crippen LogP contribution in [0.2, 0.25) is 0 Å². The Balaban J connectivity index is 0.000000309. The molecule has 7 saturated heterocycles. The van der Waals surface area contributed by atoms with Crippen molar-refractivity contribution in [1.82, 2.24) is 34.3 Å². The van der Waals surface area contributed by atoms with E-state index in [1.807, 2.05) is 0 Å². The lowest BCUT2D eigenvalue weighted by Crippen LogP contribution is -2.47. The van der Waals surface area contributed by atoms with Crippen molar-refractivity contribution in [2.45, 2.75) is 75.5 Å². The van der Waals surface area contributed by atoms with E-state index in [1.165, 1.54) is 117 Å². The third kappa shape index (κ3) is 23.3. The molecule has 14 N–H and O–H groups in total. The van der Waals surface area contributed by atoms with Crippen LogP contribution in [0, 0.1) is 17.8 Å². The molecule has 0 amide bonds. The Kier molecular flexibility index (Phi) is 28.2. The van der Waals surface area contributed by atoms with Crippen molar-refractivity contribution in [2.75, 3.05) is 161 Å². The molecule has 14 heteroatoms. The highest BCUT2D eigenvalue weighted by Crippen LogP contribution is 2.14. The maximum atomic E-state index is 5.58. The van der Waals surface area contributed by atoms with Crippen molar-refractivity contribution in [3.8, 4) is 0 Å². The monoisotopic (exact) mass is 757 g/mol. The van der Waals surface area contributed by atoms with E-state index < -0.39 is 0 Å². The fraction of sp³-hybridized carbons (Fsp3) is 1.00. The summed E-state index contributed by atoms with van der Waals surface area (Å²) in [6.07, 6.45) is 10.2. The topological polar surface area (TPSA) is 205 Å². The quantitative estimate of drug-likeness (QED) is 0.174. The second-order valence-electron chi connectivity index (χ2n) is 17.3. The number of hydrogen-bond acceptors (Lipinski definition) is 14. The molecule has 0 unspecified atom stereocenters. The summed E-state index contributed by atoms with van der Waals surface area (Å²) < 4.78 is 0. The van der Waals surface area contributed by atoms with Gasteiger partial charge in [-0.3, -0.25) is 0 Å². The third-order valence-electron chi connectivity index (χ3n) is 11.9. The van der Waals surface area contributed by atoms with Gasteiger partial charge in [0.15, 0.2) is 0 Å². The van der Waals surface area contributed by atoms with E-state index in [0.29, 0.717) is 24.2 Å². The molecule has 53 heavy (non-hydrogen) atoms. The number of hydrogen-bond donors (Lipinski definition) is 7. The van der Waals surface area contributed by atoms with Crippen LogP contribution in [0.15, 0.2) is 0 Å². The molecule has 14 nitrogen and oxygen atoms in total. The van der Waals surface area contributed by atoms with Crippen molar-refractivity contribution in [1.29, 1.82) is 0 Å². The number of rotatable bonds is 5. The first kappa shape index (κ1) is 50.5. The van der Waals surface area contributed by atoms with Crippen LogP contribution in [0.4, 0.5) is 0 Å². The van der Waals surface area contributed by atoms with Gasteiger partial charge >= 0.3 is 0 Å². The van der Waals surface area contributed by atoms with E-state index in [0.717, 1.165) is 63.6 Å². The molecule has 0 bridgehead atoms. The van der Waals surface area contributed by atoms with Crippen molar-refractivity contribution in [3.63, 3.8) is 0 Å². The van der Waals surface area contributed by atoms with Crippen LogP contribution in [0.1, 0.15) is 51.4 Å². The summed E-state index contributed by atoms with van der Waals surface area (Å²) in [5.74, 6) is 2.35. The van der Waals surface area contributed by atoms with E-state index in [9.17, 15) is 0 Å². The summed E-state index contributed by atoms with van der Waals surface area (Å²) in [7, 11) is 14.9. The fourth-order valence-corrected chi connectivity index (χ4v) is 7.91. The molecule has 0 aromatic rings. The fourth-order valence-electron chi connectivity index (χ4n) is 7.91. The maximum absolute atomic E-state index is 5.58. The minimum atomic E-state index is 0.449. The first-order valence-corrected chi connectivity index (χ1v) is 21.1.